The molecule has 80 valence electrons. The molecule has 2 aromatic rings. The molecule has 0 spiro atoms. The summed E-state index contributed by atoms with van der Waals surface area (Å²) in [4.78, 5) is 3.99. The second-order valence-electron chi connectivity index (χ2n) is 3.71. The molecule has 0 aliphatic carbocycles. The molecule has 0 amide bonds. The van der Waals surface area contributed by atoms with Crippen LogP contribution in [-0.2, 0) is 6.42 Å². The third kappa shape index (κ3) is 2.80. The van der Waals surface area contributed by atoms with Crippen LogP contribution in [0.1, 0.15) is 23.6 Å². The average Bonchev–Trinajstić information content (AvgIpc) is 2.38. The van der Waals surface area contributed by atoms with Crippen LogP contribution in [0.5, 0.6) is 0 Å². The Morgan fingerprint density at radius 2 is 1.44 bits per heavy atom. The largest absolute Gasteiger partial charge is 0.265 e. The second-order valence-corrected chi connectivity index (χ2v) is 3.71. The van der Waals surface area contributed by atoms with Crippen LogP contribution in [-0.4, -0.2) is 4.98 Å². The lowest BCUT2D eigenvalue weighted by molar-refractivity contribution is 1.14. The van der Waals surface area contributed by atoms with Crippen LogP contribution in [0.15, 0.2) is 48.8 Å². The fourth-order valence-corrected chi connectivity index (χ4v) is 1.53. The lowest BCUT2D eigenvalue weighted by atomic mass is 10.1. The molecule has 0 fully saturated rings. The summed E-state index contributed by atoms with van der Waals surface area (Å²) in [5.74, 6) is 0. The van der Waals surface area contributed by atoms with Crippen molar-refractivity contribution in [3.05, 3.63) is 65.5 Å². The summed E-state index contributed by atoms with van der Waals surface area (Å²) in [5, 5.41) is 0. The molecule has 0 N–H and O–H groups in total. The molecule has 2 rings (SSSR count). The summed E-state index contributed by atoms with van der Waals surface area (Å²) in [6.45, 7) is 2.17. The second kappa shape index (κ2) is 5.26. The van der Waals surface area contributed by atoms with E-state index in [4.69, 9.17) is 0 Å². The van der Waals surface area contributed by atoms with Crippen molar-refractivity contribution in [2.24, 2.45) is 0 Å². The Morgan fingerprint density at radius 3 is 2.00 bits per heavy atom. The predicted octanol–water partition coefficient (Wildman–Crippen LogP) is 3.81. The van der Waals surface area contributed by atoms with Gasteiger partial charge in [-0.1, -0.05) is 43.3 Å². The minimum absolute atomic E-state index is 1.09. The van der Waals surface area contributed by atoms with Crippen molar-refractivity contribution in [2.75, 3.05) is 0 Å². The van der Waals surface area contributed by atoms with Crippen LogP contribution < -0.4 is 0 Å². The van der Waals surface area contributed by atoms with E-state index in [1.807, 2.05) is 12.1 Å². The maximum Gasteiger partial charge on any atom is 0.0273 e. The molecule has 1 heterocycles. The first kappa shape index (κ1) is 10.6. The van der Waals surface area contributed by atoms with Crippen molar-refractivity contribution in [3.8, 4) is 0 Å². The summed E-state index contributed by atoms with van der Waals surface area (Å²) in [6, 6.07) is 12.6. The summed E-state index contributed by atoms with van der Waals surface area (Å²) in [7, 11) is 0. The fraction of sp³-hybridized carbons (Fsp3) is 0.133. The minimum atomic E-state index is 1.09. The molecule has 1 aromatic heterocycles. The van der Waals surface area contributed by atoms with E-state index in [9.17, 15) is 0 Å². The molecule has 0 aliphatic rings. The van der Waals surface area contributed by atoms with Crippen LogP contribution in [0.25, 0.3) is 12.2 Å². The molecule has 0 saturated heterocycles. The smallest absolute Gasteiger partial charge is 0.0273 e. The quantitative estimate of drug-likeness (QED) is 0.749. The van der Waals surface area contributed by atoms with E-state index in [0.29, 0.717) is 0 Å². The van der Waals surface area contributed by atoms with E-state index in [1.165, 1.54) is 16.7 Å². The summed E-state index contributed by atoms with van der Waals surface area (Å²) in [5.41, 5.74) is 3.78. The number of rotatable bonds is 3. The first-order chi connectivity index (χ1) is 7.88. The van der Waals surface area contributed by atoms with Crippen LogP contribution in [0.3, 0.4) is 0 Å². The van der Waals surface area contributed by atoms with Gasteiger partial charge in [-0.25, -0.2) is 0 Å². The summed E-state index contributed by atoms with van der Waals surface area (Å²) >= 11 is 0. The van der Waals surface area contributed by atoms with Gasteiger partial charge in [0.05, 0.1) is 0 Å². The van der Waals surface area contributed by atoms with Crippen molar-refractivity contribution in [1.29, 1.82) is 0 Å². The van der Waals surface area contributed by atoms with Gasteiger partial charge in [0.25, 0.3) is 0 Å². The van der Waals surface area contributed by atoms with Crippen molar-refractivity contribution in [2.45, 2.75) is 13.3 Å². The lowest BCUT2D eigenvalue weighted by Crippen LogP contribution is -1.79. The average molecular weight is 209 g/mol. The predicted molar refractivity (Wildman–Crippen MR) is 69.0 cm³/mol. The Balaban J connectivity index is 2.12. The fourth-order valence-electron chi connectivity index (χ4n) is 1.53. The van der Waals surface area contributed by atoms with Crippen LogP contribution in [0.4, 0.5) is 0 Å². The molecule has 1 heteroatoms. The molecule has 0 saturated carbocycles. The van der Waals surface area contributed by atoms with E-state index in [-0.39, 0.29) is 0 Å². The number of aryl methyl sites for hydroxylation is 1. The van der Waals surface area contributed by atoms with Crippen molar-refractivity contribution < 1.29 is 0 Å². The van der Waals surface area contributed by atoms with Crippen molar-refractivity contribution in [3.63, 3.8) is 0 Å². The number of pyridine rings is 1. The Morgan fingerprint density at radius 1 is 0.875 bits per heavy atom. The highest BCUT2D eigenvalue weighted by Crippen LogP contribution is 2.09. The summed E-state index contributed by atoms with van der Waals surface area (Å²) in [6.07, 6.45) is 8.92. The van der Waals surface area contributed by atoms with Gasteiger partial charge >= 0.3 is 0 Å². The van der Waals surface area contributed by atoms with Gasteiger partial charge in [0.15, 0.2) is 0 Å². The Kier molecular flexibility index (Phi) is 3.50. The molecule has 0 bridgehead atoms. The number of hydrogen-bond acceptors (Lipinski definition) is 1. The monoisotopic (exact) mass is 209 g/mol. The lowest BCUT2D eigenvalue weighted by Gasteiger charge is -1.97. The zero-order valence-electron chi connectivity index (χ0n) is 9.43. The summed E-state index contributed by atoms with van der Waals surface area (Å²) < 4.78 is 0. The highest BCUT2D eigenvalue weighted by atomic mass is 14.6. The van der Waals surface area contributed by atoms with E-state index < -0.39 is 0 Å². The normalized spacial score (nSPS) is 10.8. The minimum Gasteiger partial charge on any atom is -0.265 e. The van der Waals surface area contributed by atoms with Gasteiger partial charge in [0.1, 0.15) is 0 Å². The molecule has 0 aliphatic heterocycles. The third-order valence-corrected chi connectivity index (χ3v) is 2.56. The van der Waals surface area contributed by atoms with Gasteiger partial charge in [0, 0.05) is 12.4 Å². The highest BCUT2D eigenvalue weighted by Gasteiger charge is 1.89. The van der Waals surface area contributed by atoms with E-state index in [2.05, 4.69) is 48.3 Å². The molecule has 0 unspecified atom stereocenters. The van der Waals surface area contributed by atoms with Crippen molar-refractivity contribution >= 4 is 12.2 Å². The van der Waals surface area contributed by atoms with Gasteiger partial charge < -0.3 is 0 Å². The number of hydrogen-bond donors (Lipinski definition) is 0. The maximum atomic E-state index is 3.99. The Labute approximate surface area is 96.5 Å². The first-order valence-corrected chi connectivity index (χ1v) is 5.55. The van der Waals surface area contributed by atoms with Crippen molar-refractivity contribution in [1.82, 2.24) is 4.98 Å². The number of aromatic nitrogens is 1. The van der Waals surface area contributed by atoms with E-state index in [0.717, 1.165) is 6.42 Å². The van der Waals surface area contributed by atoms with Crippen LogP contribution >= 0.6 is 0 Å². The standard InChI is InChI=1S/C15H15N/c1-2-13-3-5-14(6-4-13)7-8-15-9-11-16-12-10-15/h3-12H,2H2,1H3/b8-7+. The molecule has 1 aromatic carbocycles. The number of nitrogens with zero attached hydrogens (tertiary/aromatic N) is 1. The van der Waals surface area contributed by atoms with Gasteiger partial charge in [0.2, 0.25) is 0 Å². The first-order valence-electron chi connectivity index (χ1n) is 5.55. The molecular weight excluding hydrogens is 194 g/mol. The van der Waals surface area contributed by atoms with E-state index >= 15 is 0 Å². The molecule has 16 heavy (non-hydrogen) atoms. The number of benzene rings is 1. The Hall–Kier alpha value is -1.89. The van der Waals surface area contributed by atoms with Gasteiger partial charge in [-0.3, -0.25) is 4.98 Å². The zero-order chi connectivity index (χ0) is 11.2. The third-order valence-electron chi connectivity index (χ3n) is 2.56. The van der Waals surface area contributed by atoms with Gasteiger partial charge in [-0.15, -0.1) is 0 Å². The molecule has 0 radical (unpaired) electrons. The van der Waals surface area contributed by atoms with Gasteiger partial charge in [-0.05, 0) is 35.2 Å². The Bertz CT molecular complexity index is 455. The topological polar surface area (TPSA) is 12.9 Å². The highest BCUT2D eigenvalue weighted by molar-refractivity contribution is 5.69. The molecule has 0 atom stereocenters. The SMILES string of the molecule is CCc1ccc(/C=C/c2ccncc2)cc1. The molecular formula is C15H15N. The van der Waals surface area contributed by atoms with Crippen LogP contribution in [0.2, 0.25) is 0 Å². The van der Waals surface area contributed by atoms with Gasteiger partial charge in [-0.2, -0.15) is 0 Å². The van der Waals surface area contributed by atoms with E-state index in [1.54, 1.807) is 12.4 Å². The zero-order valence-corrected chi connectivity index (χ0v) is 9.43. The molecule has 1 nitrogen and oxygen atoms in total. The van der Waals surface area contributed by atoms with Crippen LogP contribution in [0, 0.1) is 0 Å². The maximum absolute atomic E-state index is 3.99.